The van der Waals surface area contributed by atoms with E-state index in [0.29, 0.717) is 10.6 Å². The fraction of sp³-hybridized carbons (Fsp3) is 0.267. The maximum Gasteiger partial charge on any atom is 0.272 e. The van der Waals surface area contributed by atoms with Gasteiger partial charge in [-0.05, 0) is 37.4 Å². The number of anilines is 2. The van der Waals surface area contributed by atoms with Gasteiger partial charge in [-0.15, -0.1) is 11.3 Å². The van der Waals surface area contributed by atoms with Crippen LogP contribution in [-0.4, -0.2) is 28.8 Å². The number of pyridine rings is 1. The van der Waals surface area contributed by atoms with Gasteiger partial charge in [0.15, 0.2) is 23.0 Å². The quantitative estimate of drug-likeness (QED) is 0.876. The molecule has 3 heterocycles. The van der Waals surface area contributed by atoms with Gasteiger partial charge >= 0.3 is 0 Å². The second kappa shape index (κ2) is 5.10. The molecule has 0 bridgehead atoms. The Hall–Kier alpha value is -2.41. The molecule has 0 saturated heterocycles. The minimum absolute atomic E-state index is 0.0877. The highest BCUT2D eigenvalue weighted by molar-refractivity contribution is 7.12. The fourth-order valence-corrected chi connectivity index (χ4v) is 2.93. The first-order valence-electron chi connectivity index (χ1n) is 6.73. The molecule has 0 atom stereocenters. The number of hydrogen-bond acceptors (Lipinski definition) is 6. The predicted octanol–water partition coefficient (Wildman–Crippen LogP) is 2.11. The average molecular weight is 317 g/mol. The summed E-state index contributed by atoms with van der Waals surface area (Å²) in [7, 11) is 0. The lowest BCUT2D eigenvalue weighted by atomic mass is 10.0. The molecule has 114 valence electrons. The minimum atomic E-state index is -1.06. The third kappa shape index (κ3) is 2.43. The lowest BCUT2D eigenvalue weighted by Gasteiger charge is -2.37. The van der Waals surface area contributed by atoms with Crippen LogP contribution in [0.5, 0.6) is 5.75 Å². The van der Waals surface area contributed by atoms with Crippen molar-refractivity contribution in [2.75, 3.05) is 17.2 Å². The van der Waals surface area contributed by atoms with Crippen LogP contribution in [0.3, 0.4) is 0 Å². The largest absolute Gasteiger partial charge is 0.474 e. The minimum Gasteiger partial charge on any atom is -0.474 e. The van der Waals surface area contributed by atoms with Gasteiger partial charge in [0.1, 0.15) is 5.82 Å². The van der Waals surface area contributed by atoms with Crippen molar-refractivity contribution in [3.63, 3.8) is 0 Å². The summed E-state index contributed by atoms with van der Waals surface area (Å²) in [6, 6.07) is 6.79. The highest BCUT2D eigenvalue weighted by Crippen LogP contribution is 2.36. The molecule has 2 aromatic heterocycles. The van der Waals surface area contributed by atoms with Crippen LogP contribution in [0.25, 0.3) is 0 Å². The molecule has 1 amide bonds. The van der Waals surface area contributed by atoms with Gasteiger partial charge in [0, 0.05) is 0 Å². The number of nitrogen functional groups attached to an aromatic ring is 1. The molecule has 22 heavy (non-hydrogen) atoms. The number of fused-ring (bicyclic) bond motifs is 1. The molecule has 1 aliphatic heterocycles. The van der Waals surface area contributed by atoms with E-state index in [1.54, 1.807) is 38.1 Å². The smallest absolute Gasteiger partial charge is 0.272 e. The lowest BCUT2D eigenvalue weighted by Crippen LogP contribution is -2.54. The summed E-state index contributed by atoms with van der Waals surface area (Å²) in [4.78, 5) is 31.0. The van der Waals surface area contributed by atoms with Crippen molar-refractivity contribution in [3.05, 3.63) is 34.5 Å². The van der Waals surface area contributed by atoms with E-state index < -0.39 is 5.60 Å². The Balaban J connectivity index is 1.99. The summed E-state index contributed by atoms with van der Waals surface area (Å²) in [5.74, 6) is 0.537. The Labute approximate surface area is 131 Å². The number of thiophene rings is 1. The van der Waals surface area contributed by atoms with Crippen LogP contribution in [0.2, 0.25) is 0 Å². The summed E-state index contributed by atoms with van der Waals surface area (Å²) in [6.45, 7) is 3.24. The molecule has 0 saturated carbocycles. The fourth-order valence-electron chi connectivity index (χ4n) is 2.27. The first-order chi connectivity index (χ1) is 10.4. The average Bonchev–Trinajstić information content (AvgIpc) is 2.99. The van der Waals surface area contributed by atoms with Crippen LogP contribution in [0.4, 0.5) is 11.6 Å². The topological polar surface area (TPSA) is 85.5 Å². The van der Waals surface area contributed by atoms with Crippen molar-refractivity contribution in [1.29, 1.82) is 0 Å². The van der Waals surface area contributed by atoms with E-state index in [9.17, 15) is 9.59 Å². The van der Waals surface area contributed by atoms with Crippen LogP contribution in [-0.2, 0) is 4.79 Å². The van der Waals surface area contributed by atoms with Gasteiger partial charge in [-0.2, -0.15) is 0 Å². The molecule has 1 aliphatic rings. The SMILES string of the molecule is CC1(C)Oc2ccc(N)nc2N(CC(=O)c2cccs2)C1=O. The van der Waals surface area contributed by atoms with E-state index in [0.717, 1.165) is 0 Å². The van der Waals surface area contributed by atoms with Crippen LogP contribution in [0, 0.1) is 0 Å². The maximum absolute atomic E-state index is 12.6. The molecule has 0 fully saturated rings. The maximum atomic E-state index is 12.6. The van der Waals surface area contributed by atoms with E-state index in [1.165, 1.54) is 16.2 Å². The van der Waals surface area contributed by atoms with Gasteiger partial charge in [-0.3, -0.25) is 14.5 Å². The third-order valence-electron chi connectivity index (χ3n) is 3.34. The van der Waals surface area contributed by atoms with Crippen molar-refractivity contribution in [1.82, 2.24) is 4.98 Å². The van der Waals surface area contributed by atoms with E-state index in [-0.39, 0.29) is 29.9 Å². The summed E-state index contributed by atoms with van der Waals surface area (Å²) >= 11 is 1.34. The van der Waals surface area contributed by atoms with E-state index in [1.807, 2.05) is 5.38 Å². The highest BCUT2D eigenvalue weighted by Gasteiger charge is 2.42. The molecule has 0 unspecified atom stereocenters. The molecule has 0 radical (unpaired) electrons. The molecular formula is C15H15N3O3S. The third-order valence-corrected chi connectivity index (χ3v) is 4.25. The van der Waals surface area contributed by atoms with Crippen LogP contribution < -0.4 is 15.4 Å². The first kappa shape index (κ1) is 14.5. The number of rotatable bonds is 3. The monoisotopic (exact) mass is 317 g/mol. The number of carbonyl (C=O) groups excluding carboxylic acids is 2. The molecule has 3 rings (SSSR count). The molecule has 6 nitrogen and oxygen atoms in total. The Morgan fingerprint density at radius 3 is 2.86 bits per heavy atom. The van der Waals surface area contributed by atoms with Gasteiger partial charge in [-0.25, -0.2) is 4.98 Å². The molecule has 0 aliphatic carbocycles. The number of ether oxygens (including phenoxy) is 1. The van der Waals surface area contributed by atoms with Gasteiger partial charge < -0.3 is 10.5 Å². The lowest BCUT2D eigenvalue weighted by molar-refractivity contribution is -0.132. The molecule has 7 heteroatoms. The van der Waals surface area contributed by atoms with Gasteiger partial charge in [-0.1, -0.05) is 6.07 Å². The zero-order chi connectivity index (χ0) is 15.9. The van der Waals surface area contributed by atoms with Crippen molar-refractivity contribution >= 4 is 34.7 Å². The number of nitrogens with zero attached hydrogens (tertiary/aromatic N) is 2. The highest BCUT2D eigenvalue weighted by atomic mass is 32.1. The van der Waals surface area contributed by atoms with E-state index in [4.69, 9.17) is 10.5 Å². The standard InChI is InChI=1S/C15H15N3O3S/c1-15(2)14(20)18(8-9(19)11-4-3-7-22-11)13-10(21-15)5-6-12(16)17-13/h3-7H,8H2,1-2H3,(H2,16,17). The van der Waals surface area contributed by atoms with Crippen molar-refractivity contribution in [2.45, 2.75) is 19.4 Å². The second-order valence-corrected chi connectivity index (χ2v) is 6.41. The zero-order valence-corrected chi connectivity index (χ0v) is 13.0. The normalized spacial score (nSPS) is 16.1. The molecule has 2 aromatic rings. The van der Waals surface area contributed by atoms with E-state index >= 15 is 0 Å². The number of ketones is 1. The summed E-state index contributed by atoms with van der Waals surface area (Å²) in [6.07, 6.45) is 0. The number of amides is 1. The first-order valence-corrected chi connectivity index (χ1v) is 7.60. The summed E-state index contributed by atoms with van der Waals surface area (Å²) < 4.78 is 5.67. The number of hydrogen-bond donors (Lipinski definition) is 1. The number of Topliss-reactive ketones (excluding diaryl/α,β-unsaturated/α-hetero) is 1. The number of aromatic nitrogens is 1. The Kier molecular flexibility index (Phi) is 3.37. The van der Waals surface area contributed by atoms with Crippen LogP contribution in [0.1, 0.15) is 23.5 Å². The van der Waals surface area contributed by atoms with Gasteiger partial charge in [0.2, 0.25) is 0 Å². The van der Waals surface area contributed by atoms with Gasteiger partial charge in [0.05, 0.1) is 11.4 Å². The van der Waals surface area contributed by atoms with Crippen molar-refractivity contribution < 1.29 is 14.3 Å². The van der Waals surface area contributed by atoms with E-state index in [2.05, 4.69) is 4.98 Å². The molecule has 0 aromatic carbocycles. The van der Waals surface area contributed by atoms with Crippen LogP contribution >= 0.6 is 11.3 Å². The van der Waals surface area contributed by atoms with Gasteiger partial charge in [0.25, 0.3) is 5.91 Å². The number of nitrogens with two attached hydrogens (primary N) is 1. The Morgan fingerprint density at radius 1 is 1.41 bits per heavy atom. The van der Waals surface area contributed by atoms with Crippen molar-refractivity contribution in [3.8, 4) is 5.75 Å². The molecule has 2 N–H and O–H groups in total. The van der Waals surface area contributed by atoms with Crippen molar-refractivity contribution in [2.24, 2.45) is 0 Å². The Bertz CT molecular complexity index is 740. The predicted molar refractivity (Wildman–Crippen MR) is 84.4 cm³/mol. The summed E-state index contributed by atoms with van der Waals surface area (Å²) in [5, 5.41) is 1.82. The second-order valence-electron chi connectivity index (χ2n) is 5.46. The van der Waals surface area contributed by atoms with Crippen LogP contribution in [0.15, 0.2) is 29.6 Å². The zero-order valence-electron chi connectivity index (χ0n) is 12.2. The Morgan fingerprint density at radius 2 is 2.18 bits per heavy atom. The summed E-state index contributed by atoms with van der Waals surface area (Å²) in [5.41, 5.74) is 4.64. The molecular weight excluding hydrogens is 302 g/mol. The molecule has 0 spiro atoms. The number of carbonyl (C=O) groups is 2.